The van der Waals surface area contributed by atoms with Crippen LogP contribution in [0.1, 0.15) is 22.3 Å². The van der Waals surface area contributed by atoms with Crippen molar-refractivity contribution in [3.8, 4) is 0 Å². The average molecular weight is 442 g/mol. The van der Waals surface area contributed by atoms with Gasteiger partial charge in [0, 0.05) is 24.2 Å². The lowest BCUT2D eigenvalue weighted by Crippen LogP contribution is -2.38. The number of fused-ring (bicyclic) bond motifs is 8. The topological polar surface area (TPSA) is 46.6 Å². The fourth-order valence-corrected chi connectivity index (χ4v) is 6.40. The maximum atomic E-state index is 12.3. The van der Waals surface area contributed by atoms with E-state index in [1.807, 2.05) is 48.6 Å². The fourth-order valence-electron chi connectivity index (χ4n) is 5.82. The Labute approximate surface area is 188 Å². The molecule has 4 atom stereocenters. The molecule has 0 radical (unpaired) electrons. The number of hydrogen-bond donors (Lipinski definition) is 0. The van der Waals surface area contributed by atoms with Crippen molar-refractivity contribution in [1.82, 2.24) is 4.31 Å². The van der Waals surface area contributed by atoms with Gasteiger partial charge in [-0.25, -0.2) is 8.42 Å². The Balaban J connectivity index is 1.69. The molecule has 3 heterocycles. The van der Waals surface area contributed by atoms with Crippen molar-refractivity contribution in [2.24, 2.45) is 11.8 Å². The van der Waals surface area contributed by atoms with E-state index >= 15 is 0 Å². The van der Waals surface area contributed by atoms with Gasteiger partial charge in [0.2, 0.25) is 10.0 Å². The monoisotopic (exact) mass is 441 g/mol. The van der Waals surface area contributed by atoms with Crippen molar-refractivity contribution < 1.29 is 13.2 Å². The fraction of sp³-hybridized carbons (Fsp3) is 0.185. The van der Waals surface area contributed by atoms with E-state index in [1.165, 1.54) is 10.6 Å². The summed E-state index contributed by atoms with van der Waals surface area (Å²) in [6.07, 6.45) is 8.60. The molecule has 3 aliphatic rings. The normalized spacial score (nSPS) is 30.1. The SMILES string of the molecule is CS(=O)(=O)N1C=C[C@@H]2[C@@H](C=C1)[C@@]1(c3ccccc3)O[C@@]2(c2ccccc2)c2ccccc21. The van der Waals surface area contributed by atoms with Crippen LogP contribution in [0.25, 0.3) is 0 Å². The van der Waals surface area contributed by atoms with Gasteiger partial charge in [-0.3, -0.25) is 4.31 Å². The minimum absolute atomic E-state index is 0.0805. The molecule has 0 spiro atoms. The van der Waals surface area contributed by atoms with Gasteiger partial charge in [-0.15, -0.1) is 0 Å². The van der Waals surface area contributed by atoms with Crippen LogP contribution in [0.2, 0.25) is 0 Å². The molecule has 1 fully saturated rings. The molecule has 3 aromatic carbocycles. The molecule has 0 unspecified atom stereocenters. The van der Waals surface area contributed by atoms with Crippen molar-refractivity contribution in [3.05, 3.63) is 132 Å². The molecule has 4 nitrogen and oxygen atoms in total. The Kier molecular flexibility index (Phi) is 4.07. The molecule has 0 aliphatic carbocycles. The summed E-state index contributed by atoms with van der Waals surface area (Å²) < 4.78 is 33.2. The van der Waals surface area contributed by atoms with Crippen LogP contribution >= 0.6 is 0 Å². The minimum Gasteiger partial charge on any atom is -0.348 e. The first kappa shape index (κ1) is 19.5. The van der Waals surface area contributed by atoms with E-state index in [9.17, 15) is 8.42 Å². The second-order valence-electron chi connectivity index (χ2n) is 8.68. The molecule has 160 valence electrons. The van der Waals surface area contributed by atoms with Crippen molar-refractivity contribution in [3.63, 3.8) is 0 Å². The Morgan fingerprint density at radius 2 is 1.09 bits per heavy atom. The third-order valence-electron chi connectivity index (χ3n) is 7.04. The van der Waals surface area contributed by atoms with Crippen LogP contribution in [0.4, 0.5) is 0 Å². The predicted molar refractivity (Wildman–Crippen MR) is 124 cm³/mol. The summed E-state index contributed by atoms with van der Waals surface area (Å²) in [6.45, 7) is 0. The minimum atomic E-state index is -3.41. The number of ether oxygens (including phenoxy) is 1. The van der Waals surface area contributed by atoms with E-state index in [4.69, 9.17) is 4.74 Å². The lowest BCUT2D eigenvalue weighted by atomic mass is 9.60. The zero-order valence-corrected chi connectivity index (χ0v) is 18.4. The zero-order valence-electron chi connectivity index (χ0n) is 17.6. The molecule has 5 heteroatoms. The van der Waals surface area contributed by atoms with Gasteiger partial charge in [0.05, 0.1) is 6.26 Å². The summed E-state index contributed by atoms with van der Waals surface area (Å²) in [5.74, 6) is -0.161. The first-order chi connectivity index (χ1) is 15.5. The molecule has 1 saturated heterocycles. The first-order valence-corrected chi connectivity index (χ1v) is 12.6. The van der Waals surface area contributed by atoms with Crippen molar-refractivity contribution in [2.75, 3.05) is 6.26 Å². The third kappa shape index (κ3) is 2.43. The smallest absolute Gasteiger partial charge is 0.235 e. The van der Waals surface area contributed by atoms with Crippen LogP contribution in [0.3, 0.4) is 0 Å². The van der Waals surface area contributed by atoms with Gasteiger partial charge in [-0.1, -0.05) is 97.1 Å². The molecule has 0 amide bonds. The highest BCUT2D eigenvalue weighted by Gasteiger charge is 2.69. The number of hydrogen-bond acceptors (Lipinski definition) is 3. The van der Waals surface area contributed by atoms with Gasteiger partial charge in [0.15, 0.2) is 0 Å². The number of rotatable bonds is 3. The second kappa shape index (κ2) is 6.67. The number of benzene rings is 3. The van der Waals surface area contributed by atoms with E-state index in [0.29, 0.717) is 0 Å². The van der Waals surface area contributed by atoms with Crippen LogP contribution < -0.4 is 0 Å². The van der Waals surface area contributed by atoms with Gasteiger partial charge in [-0.2, -0.15) is 0 Å². The number of nitrogens with zero attached hydrogens (tertiary/aromatic N) is 1. The largest absolute Gasteiger partial charge is 0.348 e. The predicted octanol–water partition coefficient (Wildman–Crippen LogP) is 4.75. The average Bonchev–Trinajstić information content (AvgIpc) is 3.16. The van der Waals surface area contributed by atoms with Crippen LogP contribution in [0.5, 0.6) is 0 Å². The summed E-state index contributed by atoms with van der Waals surface area (Å²) in [5, 5.41) is 0. The lowest BCUT2D eigenvalue weighted by molar-refractivity contribution is -0.0519. The highest BCUT2D eigenvalue weighted by atomic mass is 32.2. The maximum absolute atomic E-state index is 12.3. The first-order valence-electron chi connectivity index (χ1n) is 10.7. The molecule has 3 aromatic rings. The van der Waals surface area contributed by atoms with Crippen molar-refractivity contribution in [2.45, 2.75) is 11.2 Å². The van der Waals surface area contributed by atoms with Crippen LogP contribution in [-0.4, -0.2) is 19.0 Å². The van der Waals surface area contributed by atoms with E-state index in [2.05, 4.69) is 48.5 Å². The van der Waals surface area contributed by atoms with Gasteiger partial charge in [0.25, 0.3) is 0 Å². The molecular formula is C27H23NO3S. The molecular weight excluding hydrogens is 418 g/mol. The molecule has 0 aromatic heterocycles. The highest BCUT2D eigenvalue weighted by molar-refractivity contribution is 7.88. The summed E-state index contributed by atoms with van der Waals surface area (Å²) in [7, 11) is -3.41. The van der Waals surface area contributed by atoms with Gasteiger partial charge in [-0.05, 0) is 22.3 Å². The Bertz CT molecular complexity index is 1260. The zero-order chi connectivity index (χ0) is 22.0. The molecule has 0 N–H and O–H groups in total. The lowest BCUT2D eigenvalue weighted by Gasteiger charge is -2.38. The van der Waals surface area contributed by atoms with Gasteiger partial charge in [0.1, 0.15) is 11.2 Å². The summed E-state index contributed by atoms with van der Waals surface area (Å²) >= 11 is 0. The highest BCUT2D eigenvalue weighted by Crippen LogP contribution is 2.69. The van der Waals surface area contributed by atoms with E-state index in [0.717, 1.165) is 22.3 Å². The maximum Gasteiger partial charge on any atom is 0.235 e. The molecule has 6 rings (SSSR count). The molecule has 3 aliphatic heterocycles. The Morgan fingerprint density at radius 1 is 0.688 bits per heavy atom. The number of sulfonamides is 1. The second-order valence-corrected chi connectivity index (χ2v) is 10.6. The summed E-state index contributed by atoms with van der Waals surface area (Å²) in [5.41, 5.74) is 3.00. The van der Waals surface area contributed by atoms with Crippen LogP contribution in [0, 0.1) is 11.8 Å². The van der Waals surface area contributed by atoms with Gasteiger partial charge >= 0.3 is 0 Å². The summed E-state index contributed by atoms with van der Waals surface area (Å²) in [4.78, 5) is 0. The summed E-state index contributed by atoms with van der Waals surface area (Å²) in [6, 6.07) is 29.0. The Morgan fingerprint density at radius 3 is 1.50 bits per heavy atom. The third-order valence-corrected chi connectivity index (χ3v) is 8.05. The van der Waals surface area contributed by atoms with Crippen molar-refractivity contribution in [1.29, 1.82) is 0 Å². The van der Waals surface area contributed by atoms with E-state index < -0.39 is 21.2 Å². The molecule has 0 saturated carbocycles. The van der Waals surface area contributed by atoms with Crippen LogP contribution in [-0.2, 0) is 26.0 Å². The van der Waals surface area contributed by atoms with E-state index in [1.54, 1.807) is 12.4 Å². The van der Waals surface area contributed by atoms with Crippen molar-refractivity contribution >= 4 is 10.0 Å². The van der Waals surface area contributed by atoms with Crippen LogP contribution in [0.15, 0.2) is 109 Å². The van der Waals surface area contributed by atoms with E-state index in [-0.39, 0.29) is 11.8 Å². The molecule has 2 bridgehead atoms. The standard InChI is InChI=1S/C27H23NO3S/c1-32(29,30)28-18-16-24-25(17-19-28)27(21-12-6-3-7-13-21)23-15-9-8-14-22(23)26(24,31-27)20-10-4-2-5-11-20/h2-19,24-25H,1H3/t24-,25-,26+,27+/m1/s1. The van der Waals surface area contributed by atoms with Gasteiger partial charge < -0.3 is 4.74 Å². The Hall–Kier alpha value is -3.15. The quantitative estimate of drug-likeness (QED) is 0.589. The molecule has 32 heavy (non-hydrogen) atoms.